The number of carbonyl (C=O) groups excluding carboxylic acids is 2. The molecular weight excluding hydrogens is 336 g/mol. The van der Waals surface area contributed by atoms with Crippen molar-refractivity contribution >= 4 is 17.8 Å². The van der Waals surface area contributed by atoms with Gasteiger partial charge in [-0.2, -0.15) is 0 Å². The van der Waals surface area contributed by atoms with Crippen molar-refractivity contribution < 1.29 is 14.3 Å². The Hall–Kier alpha value is -2.68. The Morgan fingerprint density at radius 2 is 1.78 bits per heavy atom. The lowest BCUT2D eigenvalue weighted by molar-refractivity contribution is 0.0526. The van der Waals surface area contributed by atoms with Gasteiger partial charge in [0.1, 0.15) is 0 Å². The zero-order valence-corrected chi connectivity index (χ0v) is 16.2. The quantitative estimate of drug-likeness (QED) is 0.408. The standard InChI is InChI=1S/C24H26O3/c1-4-27-23(26)19-10-7-17(8-11-19)9-14-22(25)20-13-12-18-6-5-15-24(2,3)21(18)16-20/h7-14,16H,4-6,15H2,1-3H3. The van der Waals surface area contributed by atoms with Crippen LogP contribution >= 0.6 is 0 Å². The average molecular weight is 362 g/mol. The lowest BCUT2D eigenvalue weighted by atomic mass is 9.72. The van der Waals surface area contributed by atoms with Crippen molar-refractivity contribution in [2.75, 3.05) is 6.61 Å². The fourth-order valence-corrected chi connectivity index (χ4v) is 3.65. The third-order valence-electron chi connectivity index (χ3n) is 5.22. The van der Waals surface area contributed by atoms with Gasteiger partial charge in [-0.15, -0.1) is 0 Å². The molecule has 2 aromatic carbocycles. The van der Waals surface area contributed by atoms with Crippen LogP contribution in [0.3, 0.4) is 0 Å². The number of allylic oxidation sites excluding steroid dienone is 1. The highest BCUT2D eigenvalue weighted by molar-refractivity contribution is 6.07. The van der Waals surface area contributed by atoms with Crippen LogP contribution in [-0.2, 0) is 16.6 Å². The van der Waals surface area contributed by atoms with Crippen molar-refractivity contribution in [1.29, 1.82) is 0 Å². The Balaban J connectivity index is 1.75. The van der Waals surface area contributed by atoms with Crippen LogP contribution in [0.5, 0.6) is 0 Å². The van der Waals surface area contributed by atoms with Crippen molar-refractivity contribution in [3.05, 3.63) is 76.4 Å². The largest absolute Gasteiger partial charge is 0.462 e. The highest BCUT2D eigenvalue weighted by atomic mass is 16.5. The Kier molecular flexibility index (Phi) is 5.59. The van der Waals surface area contributed by atoms with Gasteiger partial charge in [-0.1, -0.05) is 44.2 Å². The number of ketones is 1. The van der Waals surface area contributed by atoms with Gasteiger partial charge in [-0.25, -0.2) is 4.79 Å². The van der Waals surface area contributed by atoms with Gasteiger partial charge in [0.2, 0.25) is 0 Å². The molecular formula is C24H26O3. The summed E-state index contributed by atoms with van der Waals surface area (Å²) in [7, 11) is 0. The van der Waals surface area contributed by atoms with Crippen LogP contribution in [0.4, 0.5) is 0 Å². The van der Waals surface area contributed by atoms with E-state index < -0.39 is 0 Å². The number of rotatable bonds is 5. The van der Waals surface area contributed by atoms with Crippen molar-refractivity contribution in [2.45, 2.75) is 45.4 Å². The first kappa shape index (κ1) is 19.1. The van der Waals surface area contributed by atoms with E-state index in [-0.39, 0.29) is 17.2 Å². The van der Waals surface area contributed by atoms with Gasteiger partial charge in [-0.3, -0.25) is 4.79 Å². The predicted molar refractivity (Wildman–Crippen MR) is 108 cm³/mol. The molecule has 2 aromatic rings. The highest BCUT2D eigenvalue weighted by Crippen LogP contribution is 2.37. The molecule has 1 aliphatic carbocycles. The fraction of sp³-hybridized carbons (Fsp3) is 0.333. The SMILES string of the molecule is CCOC(=O)c1ccc(C=CC(=O)c2ccc3c(c2)C(C)(C)CCC3)cc1. The molecule has 1 aliphatic rings. The molecule has 0 amide bonds. The molecule has 0 saturated heterocycles. The summed E-state index contributed by atoms with van der Waals surface area (Å²) >= 11 is 0. The molecule has 3 heteroatoms. The molecule has 140 valence electrons. The summed E-state index contributed by atoms with van der Waals surface area (Å²) in [5.41, 5.74) is 4.89. The maximum Gasteiger partial charge on any atom is 0.338 e. The number of fused-ring (bicyclic) bond motifs is 1. The van der Waals surface area contributed by atoms with E-state index in [2.05, 4.69) is 26.0 Å². The van der Waals surface area contributed by atoms with Gasteiger partial charge in [0.05, 0.1) is 12.2 Å². The summed E-state index contributed by atoms with van der Waals surface area (Å²) < 4.78 is 4.97. The van der Waals surface area contributed by atoms with Gasteiger partial charge in [-0.05, 0) is 72.6 Å². The van der Waals surface area contributed by atoms with Gasteiger partial charge in [0.15, 0.2) is 5.78 Å². The van der Waals surface area contributed by atoms with Crippen LogP contribution in [0.25, 0.3) is 6.08 Å². The zero-order chi connectivity index (χ0) is 19.4. The van der Waals surface area contributed by atoms with E-state index in [1.54, 1.807) is 31.2 Å². The Bertz CT molecular complexity index is 873. The van der Waals surface area contributed by atoms with Crippen LogP contribution in [0.2, 0.25) is 0 Å². The average Bonchev–Trinajstić information content (AvgIpc) is 2.66. The van der Waals surface area contributed by atoms with E-state index in [9.17, 15) is 9.59 Å². The summed E-state index contributed by atoms with van der Waals surface area (Å²) in [5, 5.41) is 0. The normalized spacial score (nSPS) is 15.4. The Labute approximate surface area is 161 Å². The number of esters is 1. The second-order valence-corrected chi connectivity index (χ2v) is 7.65. The summed E-state index contributed by atoms with van der Waals surface area (Å²) in [4.78, 5) is 24.3. The van der Waals surface area contributed by atoms with Gasteiger partial charge < -0.3 is 4.74 Å². The van der Waals surface area contributed by atoms with Crippen LogP contribution in [0.15, 0.2) is 48.5 Å². The van der Waals surface area contributed by atoms with Gasteiger partial charge in [0, 0.05) is 5.56 Å². The number of aryl methyl sites for hydroxylation is 1. The van der Waals surface area contributed by atoms with Crippen molar-refractivity contribution in [2.24, 2.45) is 0 Å². The molecule has 0 heterocycles. The lowest BCUT2D eigenvalue weighted by Crippen LogP contribution is -2.24. The lowest BCUT2D eigenvalue weighted by Gasteiger charge is -2.32. The van der Waals surface area contributed by atoms with Crippen molar-refractivity contribution in [1.82, 2.24) is 0 Å². The molecule has 27 heavy (non-hydrogen) atoms. The van der Waals surface area contributed by atoms with E-state index in [4.69, 9.17) is 4.74 Å². The van der Waals surface area contributed by atoms with E-state index in [1.807, 2.05) is 18.2 Å². The molecule has 0 aliphatic heterocycles. The molecule has 0 radical (unpaired) electrons. The second-order valence-electron chi connectivity index (χ2n) is 7.65. The summed E-state index contributed by atoms with van der Waals surface area (Å²) in [6.07, 6.45) is 6.82. The molecule has 0 spiro atoms. The van der Waals surface area contributed by atoms with Crippen molar-refractivity contribution in [3.63, 3.8) is 0 Å². The predicted octanol–water partition coefficient (Wildman–Crippen LogP) is 5.37. The molecule has 0 atom stereocenters. The number of ether oxygens (including phenoxy) is 1. The molecule has 0 unspecified atom stereocenters. The number of carbonyl (C=O) groups is 2. The van der Waals surface area contributed by atoms with Crippen LogP contribution in [0, 0.1) is 0 Å². The summed E-state index contributed by atoms with van der Waals surface area (Å²) in [6.45, 7) is 6.63. The smallest absolute Gasteiger partial charge is 0.338 e. The van der Waals surface area contributed by atoms with Crippen molar-refractivity contribution in [3.8, 4) is 0 Å². The van der Waals surface area contributed by atoms with Gasteiger partial charge >= 0.3 is 5.97 Å². The molecule has 0 aromatic heterocycles. The highest BCUT2D eigenvalue weighted by Gasteiger charge is 2.27. The molecule has 3 nitrogen and oxygen atoms in total. The van der Waals surface area contributed by atoms with Crippen LogP contribution < -0.4 is 0 Å². The van der Waals surface area contributed by atoms with E-state index in [1.165, 1.54) is 17.5 Å². The molecule has 3 rings (SSSR count). The minimum absolute atomic E-state index is 0.00589. The topological polar surface area (TPSA) is 43.4 Å². The van der Waals surface area contributed by atoms with Gasteiger partial charge in [0.25, 0.3) is 0 Å². The number of benzene rings is 2. The first-order valence-corrected chi connectivity index (χ1v) is 9.54. The number of hydrogen-bond acceptors (Lipinski definition) is 3. The first-order valence-electron chi connectivity index (χ1n) is 9.54. The molecule has 0 fully saturated rings. The number of hydrogen-bond donors (Lipinski definition) is 0. The van der Waals surface area contributed by atoms with E-state index in [0.29, 0.717) is 12.2 Å². The molecule has 0 bridgehead atoms. The van der Waals surface area contributed by atoms with E-state index >= 15 is 0 Å². The minimum atomic E-state index is -0.333. The van der Waals surface area contributed by atoms with E-state index in [0.717, 1.165) is 24.0 Å². The molecule has 0 saturated carbocycles. The maximum absolute atomic E-state index is 12.6. The Morgan fingerprint density at radius 3 is 2.48 bits per heavy atom. The fourth-order valence-electron chi connectivity index (χ4n) is 3.65. The second kappa shape index (κ2) is 7.91. The monoisotopic (exact) mass is 362 g/mol. The third kappa shape index (κ3) is 4.36. The Morgan fingerprint density at radius 1 is 1.07 bits per heavy atom. The maximum atomic E-state index is 12.6. The first-order chi connectivity index (χ1) is 12.9. The minimum Gasteiger partial charge on any atom is -0.462 e. The van der Waals surface area contributed by atoms with Crippen LogP contribution in [0.1, 0.15) is 71.0 Å². The summed E-state index contributed by atoms with van der Waals surface area (Å²) in [5.74, 6) is -0.338. The van der Waals surface area contributed by atoms with Crippen LogP contribution in [-0.4, -0.2) is 18.4 Å². The zero-order valence-electron chi connectivity index (χ0n) is 16.2. The summed E-state index contributed by atoms with van der Waals surface area (Å²) in [6, 6.07) is 13.1. The molecule has 0 N–H and O–H groups in total. The third-order valence-corrected chi connectivity index (χ3v) is 5.22.